The lowest BCUT2D eigenvalue weighted by Crippen LogP contribution is -2.47. The highest BCUT2D eigenvalue weighted by molar-refractivity contribution is 5.79. The van der Waals surface area contributed by atoms with Crippen LogP contribution in [0.1, 0.15) is 49.1 Å². The zero-order valence-electron chi connectivity index (χ0n) is 18.8. The molecule has 1 aliphatic rings. The van der Waals surface area contributed by atoms with E-state index in [2.05, 4.69) is 83.5 Å². The number of rotatable bonds is 6. The molecule has 0 radical (unpaired) electrons. The first-order valence-electron chi connectivity index (χ1n) is 10.6. The molecule has 0 aliphatic carbocycles. The molecule has 1 unspecified atom stereocenters. The van der Waals surface area contributed by atoms with Gasteiger partial charge in [-0.3, -0.25) is 14.6 Å². The first-order chi connectivity index (χ1) is 13.9. The number of aryl methyl sites for hydroxylation is 1. The lowest BCUT2D eigenvalue weighted by atomic mass is 9.99. The summed E-state index contributed by atoms with van der Waals surface area (Å²) in [6, 6.07) is 9.25. The predicted molar refractivity (Wildman–Crippen MR) is 120 cm³/mol. The number of fused-ring (bicyclic) bond motifs is 1. The fraction of sp³-hybridized carbons (Fsp3) is 0.565. The maximum absolute atomic E-state index is 4.63. The van der Waals surface area contributed by atoms with E-state index in [1.807, 2.05) is 18.8 Å². The maximum Gasteiger partial charge on any atom is 0.193 e. The molecule has 29 heavy (non-hydrogen) atoms. The van der Waals surface area contributed by atoms with E-state index in [1.54, 1.807) is 0 Å². The number of nitrogens with zero attached hydrogens (tertiary/aromatic N) is 5. The minimum Gasteiger partial charge on any atom is -0.355 e. The topological polar surface area (TPSA) is 48.7 Å². The standard InChI is InChI=1S/C23H36N6/c1-17(2)22-21(15-28(6)26-22)14-27(5)23(24-4)25-13-18(3)29-12-11-19-9-7-8-10-20(19)16-29/h7-10,15,17-18H,11-14,16H2,1-6H3,(H,24,25). The molecule has 0 spiro atoms. The van der Waals surface area contributed by atoms with Crippen molar-refractivity contribution in [1.29, 1.82) is 0 Å². The van der Waals surface area contributed by atoms with Gasteiger partial charge in [0.15, 0.2) is 5.96 Å². The SMILES string of the molecule is CN=C(NCC(C)N1CCc2ccccc2C1)N(C)Cc1cn(C)nc1C(C)C. The van der Waals surface area contributed by atoms with Gasteiger partial charge in [-0.15, -0.1) is 0 Å². The molecule has 1 aromatic carbocycles. The molecule has 0 bridgehead atoms. The summed E-state index contributed by atoms with van der Waals surface area (Å²) in [4.78, 5) is 9.24. The van der Waals surface area contributed by atoms with E-state index in [4.69, 9.17) is 0 Å². The van der Waals surface area contributed by atoms with E-state index in [9.17, 15) is 0 Å². The summed E-state index contributed by atoms with van der Waals surface area (Å²) in [7, 11) is 5.93. The monoisotopic (exact) mass is 396 g/mol. The average Bonchev–Trinajstić information content (AvgIpc) is 3.08. The fourth-order valence-electron chi connectivity index (χ4n) is 4.14. The molecule has 2 heterocycles. The van der Waals surface area contributed by atoms with Crippen LogP contribution >= 0.6 is 0 Å². The van der Waals surface area contributed by atoms with Crippen LogP contribution in [0.2, 0.25) is 0 Å². The molecule has 0 saturated heterocycles. The molecule has 1 aromatic heterocycles. The summed E-state index contributed by atoms with van der Waals surface area (Å²) >= 11 is 0. The molecule has 1 atom stereocenters. The van der Waals surface area contributed by atoms with Gasteiger partial charge in [0, 0.05) is 65.1 Å². The van der Waals surface area contributed by atoms with Crippen molar-refractivity contribution in [2.24, 2.45) is 12.0 Å². The molecule has 6 heteroatoms. The first-order valence-corrected chi connectivity index (χ1v) is 10.6. The minimum absolute atomic E-state index is 0.413. The quantitative estimate of drug-likeness (QED) is 0.602. The van der Waals surface area contributed by atoms with Crippen molar-refractivity contribution >= 4 is 5.96 Å². The van der Waals surface area contributed by atoms with Crippen LogP contribution < -0.4 is 5.32 Å². The molecule has 0 amide bonds. The second-order valence-corrected chi connectivity index (χ2v) is 8.49. The molecule has 3 rings (SSSR count). The van der Waals surface area contributed by atoms with Gasteiger partial charge in [0.2, 0.25) is 0 Å². The number of guanidine groups is 1. The van der Waals surface area contributed by atoms with Gasteiger partial charge in [-0.2, -0.15) is 5.10 Å². The summed E-state index contributed by atoms with van der Waals surface area (Å²) in [5.41, 5.74) is 5.38. The van der Waals surface area contributed by atoms with Gasteiger partial charge in [-0.1, -0.05) is 38.1 Å². The lowest BCUT2D eigenvalue weighted by molar-refractivity contribution is 0.190. The Kier molecular flexibility index (Phi) is 6.96. The smallest absolute Gasteiger partial charge is 0.193 e. The second-order valence-electron chi connectivity index (χ2n) is 8.49. The Morgan fingerprint density at radius 3 is 2.66 bits per heavy atom. The number of aromatic nitrogens is 2. The van der Waals surface area contributed by atoms with Gasteiger partial charge in [-0.25, -0.2) is 0 Å². The Hall–Kier alpha value is -2.34. The number of benzene rings is 1. The molecule has 1 aliphatic heterocycles. The highest BCUT2D eigenvalue weighted by Crippen LogP contribution is 2.20. The summed E-state index contributed by atoms with van der Waals surface area (Å²) in [5, 5.41) is 8.20. The van der Waals surface area contributed by atoms with E-state index in [0.717, 1.165) is 44.3 Å². The number of hydrogen-bond acceptors (Lipinski definition) is 3. The van der Waals surface area contributed by atoms with E-state index in [-0.39, 0.29) is 0 Å². The van der Waals surface area contributed by atoms with Gasteiger partial charge < -0.3 is 10.2 Å². The highest BCUT2D eigenvalue weighted by Gasteiger charge is 2.21. The number of aliphatic imine (C=N–C) groups is 1. The summed E-state index contributed by atoms with van der Waals surface area (Å²) in [6.07, 6.45) is 3.25. The van der Waals surface area contributed by atoms with Crippen LogP contribution in [0.15, 0.2) is 35.5 Å². The van der Waals surface area contributed by atoms with Crippen LogP contribution in [-0.4, -0.2) is 58.8 Å². The zero-order chi connectivity index (χ0) is 21.0. The van der Waals surface area contributed by atoms with Crippen LogP contribution in [-0.2, 0) is 26.6 Å². The van der Waals surface area contributed by atoms with Crippen molar-refractivity contribution < 1.29 is 0 Å². The molecule has 2 aromatic rings. The molecule has 0 fully saturated rings. The normalized spacial score (nSPS) is 16.0. The van der Waals surface area contributed by atoms with Crippen LogP contribution in [0.3, 0.4) is 0 Å². The molecule has 1 N–H and O–H groups in total. The number of hydrogen-bond donors (Lipinski definition) is 1. The van der Waals surface area contributed by atoms with Gasteiger partial charge >= 0.3 is 0 Å². The maximum atomic E-state index is 4.63. The van der Waals surface area contributed by atoms with Crippen LogP contribution in [0.5, 0.6) is 0 Å². The van der Waals surface area contributed by atoms with Crippen molar-refractivity contribution in [3.05, 3.63) is 52.8 Å². The predicted octanol–water partition coefficient (Wildman–Crippen LogP) is 3.00. The van der Waals surface area contributed by atoms with E-state index in [0.29, 0.717) is 12.0 Å². The van der Waals surface area contributed by atoms with Crippen molar-refractivity contribution in [1.82, 2.24) is 24.9 Å². The Bertz CT molecular complexity index is 838. The van der Waals surface area contributed by atoms with Gasteiger partial charge in [-0.05, 0) is 30.4 Å². The van der Waals surface area contributed by atoms with Gasteiger partial charge in [0.25, 0.3) is 0 Å². The van der Waals surface area contributed by atoms with Crippen LogP contribution in [0, 0.1) is 0 Å². The van der Waals surface area contributed by atoms with Crippen molar-refractivity contribution in [2.75, 3.05) is 27.2 Å². The molecular weight excluding hydrogens is 360 g/mol. The van der Waals surface area contributed by atoms with Gasteiger partial charge in [0.1, 0.15) is 0 Å². The fourth-order valence-corrected chi connectivity index (χ4v) is 4.14. The molecule has 158 valence electrons. The second kappa shape index (κ2) is 9.44. The zero-order valence-corrected chi connectivity index (χ0v) is 18.8. The van der Waals surface area contributed by atoms with Crippen molar-refractivity contribution in [3.63, 3.8) is 0 Å². The summed E-state index contributed by atoms with van der Waals surface area (Å²) in [6.45, 7) is 10.5. The van der Waals surface area contributed by atoms with Gasteiger partial charge in [0.05, 0.1) is 5.69 Å². The van der Waals surface area contributed by atoms with E-state index in [1.165, 1.54) is 16.7 Å². The van der Waals surface area contributed by atoms with E-state index < -0.39 is 0 Å². The summed E-state index contributed by atoms with van der Waals surface area (Å²) in [5.74, 6) is 1.34. The first kappa shape index (κ1) is 21.4. The molecule has 6 nitrogen and oxygen atoms in total. The molecule has 0 saturated carbocycles. The largest absolute Gasteiger partial charge is 0.355 e. The van der Waals surface area contributed by atoms with Crippen molar-refractivity contribution in [3.8, 4) is 0 Å². The van der Waals surface area contributed by atoms with Crippen LogP contribution in [0.25, 0.3) is 0 Å². The minimum atomic E-state index is 0.413. The Balaban J connectivity index is 1.56. The van der Waals surface area contributed by atoms with E-state index >= 15 is 0 Å². The Morgan fingerprint density at radius 2 is 1.97 bits per heavy atom. The van der Waals surface area contributed by atoms with Crippen LogP contribution in [0.4, 0.5) is 0 Å². The Labute approximate surface area is 175 Å². The average molecular weight is 397 g/mol. The third kappa shape index (κ3) is 5.18. The molecular formula is C23H36N6. The lowest BCUT2D eigenvalue weighted by Gasteiger charge is -2.34. The summed E-state index contributed by atoms with van der Waals surface area (Å²) < 4.78 is 1.91. The van der Waals surface area contributed by atoms with Crippen molar-refractivity contribution in [2.45, 2.75) is 52.2 Å². The number of nitrogens with one attached hydrogen (secondary N) is 1. The highest BCUT2D eigenvalue weighted by atomic mass is 15.3. The third-order valence-corrected chi connectivity index (χ3v) is 5.80. The Morgan fingerprint density at radius 1 is 1.24 bits per heavy atom. The third-order valence-electron chi connectivity index (χ3n) is 5.80.